The summed E-state index contributed by atoms with van der Waals surface area (Å²) >= 11 is 0. The first kappa shape index (κ1) is 19.5. The molecule has 1 saturated carbocycles. The lowest BCUT2D eigenvalue weighted by Crippen LogP contribution is -2.47. The van der Waals surface area contributed by atoms with E-state index in [1.54, 1.807) is 11.8 Å². The minimum absolute atomic E-state index is 0.0572. The number of aromatic nitrogens is 2. The highest BCUT2D eigenvalue weighted by molar-refractivity contribution is 5.93. The molecular weight excluding hydrogens is 338 g/mol. The summed E-state index contributed by atoms with van der Waals surface area (Å²) in [5, 5.41) is 7.92. The number of rotatable bonds is 4. The van der Waals surface area contributed by atoms with E-state index < -0.39 is 0 Å². The first-order chi connectivity index (χ1) is 12.7. The SMILES string of the molecule is COc1ccc(C2(NC(=O)c3cc(C(C)(C)C)nn3C)CCCCC2)cc1. The molecule has 0 spiro atoms. The van der Waals surface area contributed by atoms with Gasteiger partial charge in [-0.2, -0.15) is 5.10 Å². The largest absolute Gasteiger partial charge is 0.497 e. The molecule has 0 aliphatic heterocycles. The average Bonchev–Trinajstić information content (AvgIpc) is 3.05. The van der Waals surface area contributed by atoms with E-state index in [2.05, 4.69) is 43.3 Å². The zero-order chi connectivity index (χ0) is 19.7. The van der Waals surface area contributed by atoms with E-state index in [9.17, 15) is 4.79 Å². The van der Waals surface area contributed by atoms with E-state index >= 15 is 0 Å². The van der Waals surface area contributed by atoms with E-state index in [-0.39, 0.29) is 16.9 Å². The summed E-state index contributed by atoms with van der Waals surface area (Å²) < 4.78 is 6.99. The van der Waals surface area contributed by atoms with Crippen LogP contribution < -0.4 is 10.1 Å². The number of hydrogen-bond donors (Lipinski definition) is 1. The Morgan fingerprint density at radius 3 is 2.30 bits per heavy atom. The monoisotopic (exact) mass is 369 g/mol. The molecule has 1 aliphatic rings. The van der Waals surface area contributed by atoms with Crippen molar-refractivity contribution >= 4 is 5.91 Å². The maximum absolute atomic E-state index is 13.2. The van der Waals surface area contributed by atoms with Gasteiger partial charge in [0, 0.05) is 12.5 Å². The molecule has 0 bridgehead atoms. The van der Waals surface area contributed by atoms with Gasteiger partial charge in [0.05, 0.1) is 18.3 Å². The Balaban J connectivity index is 1.90. The number of carbonyl (C=O) groups is 1. The molecule has 1 N–H and O–H groups in total. The van der Waals surface area contributed by atoms with Crippen LogP contribution in [0.4, 0.5) is 0 Å². The van der Waals surface area contributed by atoms with Gasteiger partial charge in [-0.3, -0.25) is 9.48 Å². The van der Waals surface area contributed by atoms with Crippen LogP contribution >= 0.6 is 0 Å². The van der Waals surface area contributed by atoms with Crippen LogP contribution in [0.1, 0.15) is 74.6 Å². The van der Waals surface area contributed by atoms with Crippen LogP contribution in [0.25, 0.3) is 0 Å². The van der Waals surface area contributed by atoms with Crippen molar-refractivity contribution in [2.75, 3.05) is 7.11 Å². The average molecular weight is 370 g/mol. The molecule has 1 aromatic carbocycles. The van der Waals surface area contributed by atoms with Crippen molar-refractivity contribution in [1.29, 1.82) is 0 Å². The van der Waals surface area contributed by atoms with Gasteiger partial charge < -0.3 is 10.1 Å². The Kier molecular flexibility index (Phi) is 5.31. The van der Waals surface area contributed by atoms with Gasteiger partial charge in [-0.25, -0.2) is 0 Å². The summed E-state index contributed by atoms with van der Waals surface area (Å²) in [5.41, 5.74) is 2.27. The van der Waals surface area contributed by atoms with Gasteiger partial charge in [0.25, 0.3) is 5.91 Å². The van der Waals surface area contributed by atoms with Crippen LogP contribution in [0.3, 0.4) is 0 Å². The fraction of sp³-hybridized carbons (Fsp3) is 0.545. The first-order valence-electron chi connectivity index (χ1n) is 9.77. The van der Waals surface area contributed by atoms with E-state index in [0.29, 0.717) is 5.69 Å². The maximum Gasteiger partial charge on any atom is 0.270 e. The molecule has 5 heteroatoms. The van der Waals surface area contributed by atoms with Crippen molar-refractivity contribution in [2.45, 2.75) is 63.8 Å². The Bertz CT molecular complexity index is 794. The Morgan fingerprint density at radius 1 is 1.15 bits per heavy atom. The van der Waals surface area contributed by atoms with E-state index in [0.717, 1.165) is 42.7 Å². The highest BCUT2D eigenvalue weighted by Crippen LogP contribution is 2.38. The molecule has 0 atom stereocenters. The van der Waals surface area contributed by atoms with E-state index in [1.165, 1.54) is 6.42 Å². The van der Waals surface area contributed by atoms with Crippen LogP contribution in [0.2, 0.25) is 0 Å². The summed E-state index contributed by atoms with van der Waals surface area (Å²) in [6.45, 7) is 6.32. The zero-order valence-electron chi connectivity index (χ0n) is 17.1. The Labute approximate surface area is 162 Å². The Hall–Kier alpha value is -2.30. The number of ether oxygens (including phenoxy) is 1. The molecule has 146 valence electrons. The summed E-state index contributed by atoms with van der Waals surface area (Å²) in [4.78, 5) is 13.2. The Morgan fingerprint density at radius 2 is 1.78 bits per heavy atom. The predicted molar refractivity (Wildman–Crippen MR) is 107 cm³/mol. The third-order valence-electron chi connectivity index (χ3n) is 5.58. The molecule has 0 saturated heterocycles. The fourth-order valence-electron chi connectivity index (χ4n) is 3.88. The maximum atomic E-state index is 13.2. The number of nitrogens with zero attached hydrogens (tertiary/aromatic N) is 2. The topological polar surface area (TPSA) is 56.1 Å². The standard InChI is InChI=1S/C22H31N3O2/c1-21(2,3)19-15-18(25(4)24-19)20(26)23-22(13-7-6-8-14-22)16-9-11-17(27-5)12-10-16/h9-12,15H,6-8,13-14H2,1-5H3,(H,23,26). The van der Waals surface area contributed by atoms with Gasteiger partial charge >= 0.3 is 0 Å². The van der Waals surface area contributed by atoms with Gasteiger partial charge in [0.15, 0.2) is 0 Å². The minimum Gasteiger partial charge on any atom is -0.497 e. The van der Waals surface area contributed by atoms with Gasteiger partial charge in [-0.15, -0.1) is 0 Å². The lowest BCUT2D eigenvalue weighted by atomic mass is 9.76. The predicted octanol–water partition coefficient (Wildman–Crippen LogP) is 4.32. The smallest absolute Gasteiger partial charge is 0.270 e. The van der Waals surface area contributed by atoms with Gasteiger partial charge in [-0.1, -0.05) is 52.2 Å². The zero-order valence-corrected chi connectivity index (χ0v) is 17.1. The van der Waals surface area contributed by atoms with Gasteiger partial charge in [0.1, 0.15) is 11.4 Å². The number of benzene rings is 1. The van der Waals surface area contributed by atoms with E-state index in [4.69, 9.17) is 4.74 Å². The fourth-order valence-corrected chi connectivity index (χ4v) is 3.88. The third-order valence-corrected chi connectivity index (χ3v) is 5.58. The molecule has 1 aliphatic carbocycles. The second kappa shape index (κ2) is 7.37. The summed E-state index contributed by atoms with van der Waals surface area (Å²) in [5.74, 6) is 0.774. The molecule has 27 heavy (non-hydrogen) atoms. The normalized spacial score (nSPS) is 16.8. The van der Waals surface area contributed by atoms with Crippen molar-refractivity contribution in [3.05, 3.63) is 47.3 Å². The molecule has 0 unspecified atom stereocenters. The molecule has 0 radical (unpaired) electrons. The number of hydrogen-bond acceptors (Lipinski definition) is 3. The van der Waals surface area contributed by atoms with E-state index in [1.807, 2.05) is 25.2 Å². The molecule has 1 fully saturated rings. The molecule has 2 aromatic rings. The number of nitrogens with one attached hydrogen (secondary N) is 1. The molecule has 5 nitrogen and oxygen atoms in total. The van der Waals surface area contributed by atoms with Crippen molar-refractivity contribution < 1.29 is 9.53 Å². The minimum atomic E-state index is -0.326. The number of carbonyl (C=O) groups excluding carboxylic acids is 1. The molecular formula is C22H31N3O2. The number of aryl methyl sites for hydroxylation is 1. The molecule has 1 heterocycles. The molecule has 1 amide bonds. The summed E-state index contributed by atoms with van der Waals surface area (Å²) in [6.07, 6.45) is 5.35. The lowest BCUT2D eigenvalue weighted by Gasteiger charge is -2.38. The quantitative estimate of drug-likeness (QED) is 0.873. The third kappa shape index (κ3) is 4.02. The van der Waals surface area contributed by atoms with Crippen molar-refractivity contribution in [1.82, 2.24) is 15.1 Å². The molecule has 1 aromatic heterocycles. The lowest BCUT2D eigenvalue weighted by molar-refractivity contribution is 0.0856. The number of methoxy groups -OCH3 is 1. The first-order valence-corrected chi connectivity index (χ1v) is 9.77. The van der Waals surface area contributed by atoms with Crippen LogP contribution in [0, 0.1) is 0 Å². The van der Waals surface area contributed by atoms with Crippen LogP contribution in [0.5, 0.6) is 5.75 Å². The van der Waals surface area contributed by atoms with Crippen molar-refractivity contribution in [2.24, 2.45) is 7.05 Å². The molecule has 3 rings (SSSR count). The second-order valence-electron chi connectivity index (χ2n) is 8.61. The second-order valence-corrected chi connectivity index (χ2v) is 8.61. The van der Waals surface area contributed by atoms with Crippen LogP contribution in [-0.2, 0) is 18.0 Å². The highest BCUT2D eigenvalue weighted by Gasteiger charge is 2.36. The summed E-state index contributed by atoms with van der Waals surface area (Å²) in [6, 6.07) is 10.0. The van der Waals surface area contributed by atoms with Gasteiger partial charge in [0.2, 0.25) is 0 Å². The highest BCUT2D eigenvalue weighted by atomic mass is 16.5. The van der Waals surface area contributed by atoms with Gasteiger partial charge in [-0.05, 0) is 36.6 Å². The van der Waals surface area contributed by atoms with Crippen LogP contribution in [0.15, 0.2) is 30.3 Å². The number of amides is 1. The van der Waals surface area contributed by atoms with Crippen molar-refractivity contribution in [3.63, 3.8) is 0 Å². The summed E-state index contributed by atoms with van der Waals surface area (Å²) in [7, 11) is 3.51. The van der Waals surface area contributed by atoms with Crippen LogP contribution in [-0.4, -0.2) is 22.8 Å². The van der Waals surface area contributed by atoms with Crippen molar-refractivity contribution in [3.8, 4) is 5.75 Å².